The van der Waals surface area contributed by atoms with Gasteiger partial charge < -0.3 is 9.84 Å². The van der Waals surface area contributed by atoms with Crippen molar-refractivity contribution in [1.82, 2.24) is 4.98 Å². The van der Waals surface area contributed by atoms with Gasteiger partial charge >= 0.3 is 5.97 Å². The van der Waals surface area contributed by atoms with Gasteiger partial charge in [-0.05, 0) is 24.1 Å². The number of carboxylic acid groups (broad SMARTS) is 1. The van der Waals surface area contributed by atoms with Gasteiger partial charge in [0.25, 0.3) is 0 Å². The first kappa shape index (κ1) is 12.4. The number of aromatic nitrogens is 1. The molecule has 1 atom stereocenters. The third-order valence-electron chi connectivity index (χ3n) is 2.99. The first-order valence-electron chi connectivity index (χ1n) is 5.77. The molecule has 1 heterocycles. The highest BCUT2D eigenvalue weighted by Gasteiger charge is 2.14. The molecule has 4 heteroatoms. The molecular weight excluding hydrogens is 230 g/mol. The maximum Gasteiger partial charge on any atom is 0.306 e. The van der Waals surface area contributed by atoms with E-state index in [0.717, 1.165) is 16.5 Å². The van der Waals surface area contributed by atoms with Crippen LogP contribution in [-0.4, -0.2) is 23.2 Å². The fourth-order valence-electron chi connectivity index (χ4n) is 1.97. The summed E-state index contributed by atoms with van der Waals surface area (Å²) in [6.07, 6.45) is 2.19. The molecule has 0 aliphatic heterocycles. The number of nitrogens with zero attached hydrogens (tertiary/aromatic N) is 1. The van der Waals surface area contributed by atoms with Crippen LogP contribution in [0.3, 0.4) is 0 Å². The Hall–Kier alpha value is -2.10. The number of rotatable bonds is 4. The van der Waals surface area contributed by atoms with Crippen molar-refractivity contribution in [2.24, 2.45) is 5.92 Å². The van der Waals surface area contributed by atoms with Crippen LogP contribution in [0.15, 0.2) is 30.5 Å². The number of carbonyl (C=O) groups is 1. The molecule has 1 aromatic heterocycles. The molecule has 0 spiro atoms. The Morgan fingerprint density at radius 3 is 2.89 bits per heavy atom. The van der Waals surface area contributed by atoms with Gasteiger partial charge in [0.15, 0.2) is 0 Å². The summed E-state index contributed by atoms with van der Waals surface area (Å²) in [6.45, 7) is 1.70. The van der Waals surface area contributed by atoms with Crippen molar-refractivity contribution in [2.75, 3.05) is 7.11 Å². The van der Waals surface area contributed by atoms with Crippen molar-refractivity contribution in [3.8, 4) is 5.75 Å². The van der Waals surface area contributed by atoms with Gasteiger partial charge in [-0.1, -0.05) is 19.1 Å². The summed E-state index contributed by atoms with van der Waals surface area (Å²) in [7, 11) is 1.60. The van der Waals surface area contributed by atoms with Crippen LogP contribution in [0.2, 0.25) is 0 Å². The van der Waals surface area contributed by atoms with E-state index in [2.05, 4.69) is 4.98 Å². The van der Waals surface area contributed by atoms with E-state index < -0.39 is 11.9 Å². The SMILES string of the molecule is COc1ccc(CC(C)C(=O)O)c2cccnc12. The third kappa shape index (κ3) is 2.27. The summed E-state index contributed by atoms with van der Waals surface area (Å²) in [6, 6.07) is 7.52. The summed E-state index contributed by atoms with van der Waals surface area (Å²) in [4.78, 5) is 15.2. The van der Waals surface area contributed by atoms with Gasteiger partial charge in [0.05, 0.1) is 13.0 Å². The molecule has 0 saturated heterocycles. The van der Waals surface area contributed by atoms with Gasteiger partial charge in [0, 0.05) is 11.6 Å². The largest absolute Gasteiger partial charge is 0.494 e. The Balaban J connectivity index is 2.49. The monoisotopic (exact) mass is 245 g/mol. The predicted octanol–water partition coefficient (Wildman–Crippen LogP) is 2.51. The molecule has 0 saturated carbocycles. The molecule has 94 valence electrons. The summed E-state index contributed by atoms with van der Waals surface area (Å²) >= 11 is 0. The lowest BCUT2D eigenvalue weighted by molar-refractivity contribution is -0.141. The molecule has 0 radical (unpaired) electrons. The normalized spacial score (nSPS) is 12.3. The van der Waals surface area contributed by atoms with Crippen LogP contribution in [0.4, 0.5) is 0 Å². The molecular formula is C14H15NO3. The zero-order valence-corrected chi connectivity index (χ0v) is 10.4. The van der Waals surface area contributed by atoms with Gasteiger partial charge in [-0.3, -0.25) is 9.78 Å². The maximum absolute atomic E-state index is 10.9. The molecule has 0 amide bonds. The van der Waals surface area contributed by atoms with Crippen LogP contribution >= 0.6 is 0 Å². The van der Waals surface area contributed by atoms with E-state index >= 15 is 0 Å². The maximum atomic E-state index is 10.9. The minimum atomic E-state index is -0.789. The number of methoxy groups -OCH3 is 1. The highest BCUT2D eigenvalue weighted by Crippen LogP contribution is 2.27. The minimum Gasteiger partial charge on any atom is -0.494 e. The molecule has 0 bridgehead atoms. The van der Waals surface area contributed by atoms with Gasteiger partial charge in [0.2, 0.25) is 0 Å². The lowest BCUT2D eigenvalue weighted by Crippen LogP contribution is -2.12. The first-order valence-corrected chi connectivity index (χ1v) is 5.77. The summed E-state index contributed by atoms with van der Waals surface area (Å²) in [5.41, 5.74) is 1.75. The smallest absolute Gasteiger partial charge is 0.306 e. The molecule has 1 unspecified atom stereocenters. The quantitative estimate of drug-likeness (QED) is 0.899. The Bertz CT molecular complexity index is 580. The van der Waals surface area contributed by atoms with Crippen LogP contribution in [0, 0.1) is 5.92 Å². The van der Waals surface area contributed by atoms with Crippen molar-refractivity contribution in [3.05, 3.63) is 36.0 Å². The topological polar surface area (TPSA) is 59.4 Å². The van der Waals surface area contributed by atoms with E-state index in [1.807, 2.05) is 24.3 Å². The zero-order chi connectivity index (χ0) is 13.1. The molecule has 18 heavy (non-hydrogen) atoms. The van der Waals surface area contributed by atoms with E-state index in [1.54, 1.807) is 20.2 Å². The number of carboxylic acids is 1. The van der Waals surface area contributed by atoms with Crippen molar-refractivity contribution in [3.63, 3.8) is 0 Å². The molecule has 1 aromatic carbocycles. The standard InChI is InChI=1S/C14H15NO3/c1-9(14(16)17)8-10-5-6-12(18-2)13-11(10)4-3-7-15-13/h3-7,9H,8H2,1-2H3,(H,16,17). The average molecular weight is 245 g/mol. The fraction of sp³-hybridized carbons (Fsp3) is 0.286. The van der Waals surface area contributed by atoms with Crippen LogP contribution < -0.4 is 4.74 Å². The van der Waals surface area contributed by atoms with Crippen LogP contribution in [0.5, 0.6) is 5.75 Å². The average Bonchev–Trinajstić information content (AvgIpc) is 2.39. The second kappa shape index (κ2) is 5.04. The van der Waals surface area contributed by atoms with E-state index in [1.165, 1.54) is 0 Å². The predicted molar refractivity (Wildman–Crippen MR) is 68.8 cm³/mol. The van der Waals surface area contributed by atoms with E-state index in [0.29, 0.717) is 12.2 Å². The van der Waals surface area contributed by atoms with Gasteiger partial charge in [-0.15, -0.1) is 0 Å². The van der Waals surface area contributed by atoms with E-state index in [4.69, 9.17) is 9.84 Å². The summed E-state index contributed by atoms with van der Waals surface area (Å²) in [5.74, 6) is -0.498. The third-order valence-corrected chi connectivity index (χ3v) is 2.99. The Morgan fingerprint density at radius 1 is 1.44 bits per heavy atom. The van der Waals surface area contributed by atoms with Crippen LogP contribution in [0.25, 0.3) is 10.9 Å². The summed E-state index contributed by atoms with van der Waals surface area (Å²) in [5, 5.41) is 9.92. The van der Waals surface area contributed by atoms with Crippen molar-refractivity contribution in [2.45, 2.75) is 13.3 Å². The number of hydrogen-bond acceptors (Lipinski definition) is 3. The molecule has 0 fully saturated rings. The number of aliphatic carboxylic acids is 1. The van der Waals surface area contributed by atoms with E-state index in [9.17, 15) is 4.79 Å². The van der Waals surface area contributed by atoms with E-state index in [-0.39, 0.29) is 0 Å². The number of hydrogen-bond donors (Lipinski definition) is 1. The first-order chi connectivity index (χ1) is 8.63. The molecule has 0 aliphatic rings. The van der Waals surface area contributed by atoms with Crippen LogP contribution in [-0.2, 0) is 11.2 Å². The van der Waals surface area contributed by atoms with Crippen LogP contribution in [0.1, 0.15) is 12.5 Å². The zero-order valence-electron chi connectivity index (χ0n) is 10.4. The number of pyridine rings is 1. The minimum absolute atomic E-state index is 0.415. The second-order valence-corrected chi connectivity index (χ2v) is 4.27. The molecule has 0 aliphatic carbocycles. The Labute approximate surface area is 105 Å². The number of fused-ring (bicyclic) bond motifs is 1. The highest BCUT2D eigenvalue weighted by molar-refractivity contribution is 5.87. The fourth-order valence-corrected chi connectivity index (χ4v) is 1.97. The summed E-state index contributed by atoms with van der Waals surface area (Å²) < 4.78 is 5.26. The Morgan fingerprint density at radius 2 is 2.22 bits per heavy atom. The van der Waals surface area contributed by atoms with Gasteiger partial charge in [-0.2, -0.15) is 0 Å². The number of ether oxygens (including phenoxy) is 1. The van der Waals surface area contributed by atoms with Crippen molar-refractivity contribution in [1.29, 1.82) is 0 Å². The molecule has 2 aromatic rings. The second-order valence-electron chi connectivity index (χ2n) is 4.27. The van der Waals surface area contributed by atoms with Crippen molar-refractivity contribution < 1.29 is 14.6 Å². The lowest BCUT2D eigenvalue weighted by atomic mass is 9.97. The molecule has 1 N–H and O–H groups in total. The lowest BCUT2D eigenvalue weighted by Gasteiger charge is -2.11. The Kier molecular flexibility index (Phi) is 3.46. The van der Waals surface area contributed by atoms with Gasteiger partial charge in [-0.25, -0.2) is 0 Å². The molecule has 2 rings (SSSR count). The number of benzene rings is 1. The van der Waals surface area contributed by atoms with Gasteiger partial charge in [0.1, 0.15) is 11.3 Å². The van der Waals surface area contributed by atoms with Crippen molar-refractivity contribution >= 4 is 16.9 Å². The molecule has 4 nitrogen and oxygen atoms in total. The highest BCUT2D eigenvalue weighted by atomic mass is 16.5.